The first-order chi connectivity index (χ1) is 13.9. The number of benzene rings is 5. The van der Waals surface area contributed by atoms with Crippen molar-refractivity contribution in [2.45, 2.75) is 5.33 Å². The maximum absolute atomic E-state index is 3.64. The third-order valence-corrected chi connectivity index (χ3v) is 6.02. The smallest absolute Gasteiger partial charge is 0.0283 e. The van der Waals surface area contributed by atoms with Gasteiger partial charge in [-0.1, -0.05) is 113 Å². The van der Waals surface area contributed by atoms with Crippen molar-refractivity contribution in [1.82, 2.24) is 0 Å². The zero-order valence-corrected chi connectivity index (χ0v) is 17.0. The summed E-state index contributed by atoms with van der Waals surface area (Å²) in [6.45, 7) is 0. The molecular weight excluding hydrogens is 404 g/mol. The molecule has 5 aromatic rings. The van der Waals surface area contributed by atoms with E-state index < -0.39 is 0 Å². The van der Waals surface area contributed by atoms with Crippen LogP contribution in [0.4, 0.5) is 0 Å². The largest absolute Gasteiger partial charge is 0.0876 e. The summed E-state index contributed by atoms with van der Waals surface area (Å²) < 4.78 is 0. The molecular formula is C27H19Br. The second-order valence-electron chi connectivity index (χ2n) is 7.04. The lowest BCUT2D eigenvalue weighted by Gasteiger charge is -2.18. The Hall–Kier alpha value is -2.90. The van der Waals surface area contributed by atoms with Crippen molar-refractivity contribution in [3.8, 4) is 22.3 Å². The van der Waals surface area contributed by atoms with E-state index in [0.717, 1.165) is 5.33 Å². The number of fused-ring (bicyclic) bond motifs is 2. The monoisotopic (exact) mass is 422 g/mol. The van der Waals surface area contributed by atoms with Crippen LogP contribution in [-0.4, -0.2) is 0 Å². The second kappa shape index (κ2) is 7.26. The van der Waals surface area contributed by atoms with E-state index in [-0.39, 0.29) is 0 Å². The summed E-state index contributed by atoms with van der Waals surface area (Å²) in [5.41, 5.74) is 6.43. The van der Waals surface area contributed by atoms with Crippen molar-refractivity contribution in [3.63, 3.8) is 0 Å². The molecule has 0 aliphatic heterocycles. The number of rotatable bonds is 3. The lowest BCUT2D eigenvalue weighted by Crippen LogP contribution is -1.91. The lowest BCUT2D eigenvalue weighted by molar-refractivity contribution is 1.47. The van der Waals surface area contributed by atoms with Crippen LogP contribution in [-0.2, 0) is 5.33 Å². The highest BCUT2D eigenvalue weighted by atomic mass is 79.9. The Morgan fingerprint density at radius 2 is 0.929 bits per heavy atom. The first kappa shape index (κ1) is 17.2. The molecule has 0 unspecified atom stereocenters. The molecule has 0 amide bonds. The van der Waals surface area contributed by atoms with Crippen LogP contribution in [0.15, 0.2) is 103 Å². The summed E-state index contributed by atoms with van der Waals surface area (Å²) in [6.07, 6.45) is 0. The molecule has 0 saturated carbocycles. The van der Waals surface area contributed by atoms with E-state index in [1.54, 1.807) is 0 Å². The molecule has 0 heterocycles. The van der Waals surface area contributed by atoms with Crippen LogP contribution >= 0.6 is 15.9 Å². The summed E-state index contributed by atoms with van der Waals surface area (Å²) in [5, 5.41) is 6.05. The van der Waals surface area contributed by atoms with Gasteiger partial charge in [0, 0.05) is 5.33 Å². The number of hydrogen-bond donors (Lipinski definition) is 0. The number of hydrogen-bond acceptors (Lipinski definition) is 0. The first-order valence-electron chi connectivity index (χ1n) is 9.51. The van der Waals surface area contributed by atoms with Gasteiger partial charge >= 0.3 is 0 Å². The Labute approximate surface area is 173 Å². The average Bonchev–Trinajstić information content (AvgIpc) is 2.78. The maximum atomic E-state index is 3.64. The average molecular weight is 423 g/mol. The van der Waals surface area contributed by atoms with Crippen LogP contribution in [0, 0.1) is 0 Å². The third kappa shape index (κ3) is 2.83. The molecule has 1 heteroatoms. The second-order valence-corrected chi connectivity index (χ2v) is 7.60. The van der Waals surface area contributed by atoms with Crippen molar-refractivity contribution in [2.75, 3.05) is 0 Å². The molecule has 5 rings (SSSR count). The minimum atomic E-state index is 0.852. The molecule has 0 N–H and O–H groups in total. The highest BCUT2D eigenvalue weighted by molar-refractivity contribution is 9.08. The van der Waals surface area contributed by atoms with Crippen LogP contribution in [0.5, 0.6) is 0 Å². The third-order valence-electron chi connectivity index (χ3n) is 5.37. The minimum absolute atomic E-state index is 0.852. The number of alkyl halides is 1. The number of halogens is 1. The van der Waals surface area contributed by atoms with Gasteiger partial charge in [0.1, 0.15) is 0 Å². The predicted molar refractivity (Wildman–Crippen MR) is 125 cm³/mol. The zero-order valence-electron chi connectivity index (χ0n) is 15.4. The van der Waals surface area contributed by atoms with Gasteiger partial charge < -0.3 is 0 Å². The SMILES string of the molecule is BrCc1ccc2c(-c3ccccc3)c3ccccc3c(-c3ccccc3)c2c1. The van der Waals surface area contributed by atoms with Gasteiger partial charge in [-0.15, -0.1) is 0 Å². The van der Waals surface area contributed by atoms with Crippen molar-refractivity contribution >= 4 is 37.5 Å². The van der Waals surface area contributed by atoms with Crippen molar-refractivity contribution < 1.29 is 0 Å². The van der Waals surface area contributed by atoms with Gasteiger partial charge in [0.05, 0.1) is 0 Å². The fourth-order valence-corrected chi connectivity index (χ4v) is 4.49. The van der Waals surface area contributed by atoms with E-state index in [9.17, 15) is 0 Å². The van der Waals surface area contributed by atoms with E-state index >= 15 is 0 Å². The van der Waals surface area contributed by atoms with E-state index in [4.69, 9.17) is 0 Å². The Balaban J connectivity index is 2.02. The first-order valence-corrected chi connectivity index (χ1v) is 10.6. The van der Waals surface area contributed by atoms with Gasteiger partial charge in [0.25, 0.3) is 0 Å². The molecule has 0 saturated heterocycles. The summed E-state index contributed by atoms with van der Waals surface area (Å²) >= 11 is 3.64. The van der Waals surface area contributed by atoms with Crippen LogP contribution in [0.2, 0.25) is 0 Å². The van der Waals surface area contributed by atoms with E-state index in [2.05, 4.69) is 119 Å². The predicted octanol–water partition coefficient (Wildman–Crippen LogP) is 8.22. The Kier molecular flexibility index (Phi) is 4.46. The highest BCUT2D eigenvalue weighted by Crippen LogP contribution is 2.43. The topological polar surface area (TPSA) is 0 Å². The van der Waals surface area contributed by atoms with Crippen molar-refractivity contribution in [2.24, 2.45) is 0 Å². The van der Waals surface area contributed by atoms with Crippen LogP contribution in [0.3, 0.4) is 0 Å². The molecule has 0 fully saturated rings. The van der Waals surface area contributed by atoms with Crippen LogP contribution in [0.1, 0.15) is 5.56 Å². The van der Waals surface area contributed by atoms with Crippen molar-refractivity contribution in [1.29, 1.82) is 0 Å². The fraction of sp³-hybridized carbons (Fsp3) is 0.0370. The summed E-state index contributed by atoms with van der Waals surface area (Å²) in [7, 11) is 0. The molecule has 0 nitrogen and oxygen atoms in total. The molecule has 5 aromatic carbocycles. The molecule has 0 aliphatic rings. The Morgan fingerprint density at radius 1 is 0.464 bits per heavy atom. The van der Waals surface area contributed by atoms with E-state index in [1.165, 1.54) is 49.4 Å². The Bertz CT molecular complexity index is 1270. The maximum Gasteiger partial charge on any atom is 0.0283 e. The van der Waals surface area contributed by atoms with Gasteiger partial charge in [-0.05, 0) is 55.4 Å². The molecule has 0 atom stereocenters. The molecule has 0 radical (unpaired) electrons. The summed E-state index contributed by atoms with van der Waals surface area (Å²) in [4.78, 5) is 0. The Morgan fingerprint density at radius 3 is 1.46 bits per heavy atom. The molecule has 0 aliphatic carbocycles. The zero-order chi connectivity index (χ0) is 18.9. The summed E-state index contributed by atoms with van der Waals surface area (Å²) in [6, 6.07) is 37.1. The highest BCUT2D eigenvalue weighted by Gasteiger charge is 2.16. The quantitative estimate of drug-likeness (QED) is 0.203. The van der Waals surface area contributed by atoms with Crippen LogP contribution < -0.4 is 0 Å². The molecule has 0 spiro atoms. The standard InChI is InChI=1S/C27H19Br/c28-18-19-15-16-24-25(17-19)27(21-11-5-2-6-12-21)23-14-8-7-13-22(23)26(24)20-9-3-1-4-10-20/h1-17H,18H2. The van der Waals surface area contributed by atoms with Crippen LogP contribution in [0.25, 0.3) is 43.8 Å². The molecule has 0 bridgehead atoms. The minimum Gasteiger partial charge on any atom is -0.0876 e. The fourth-order valence-electron chi connectivity index (χ4n) is 4.14. The normalized spacial score (nSPS) is 11.2. The van der Waals surface area contributed by atoms with Gasteiger partial charge in [-0.25, -0.2) is 0 Å². The molecule has 28 heavy (non-hydrogen) atoms. The van der Waals surface area contributed by atoms with Crippen molar-refractivity contribution in [3.05, 3.63) is 109 Å². The van der Waals surface area contributed by atoms with E-state index in [0.29, 0.717) is 0 Å². The van der Waals surface area contributed by atoms with Gasteiger partial charge in [-0.2, -0.15) is 0 Å². The van der Waals surface area contributed by atoms with Gasteiger partial charge in [0.2, 0.25) is 0 Å². The molecule has 134 valence electrons. The molecule has 0 aromatic heterocycles. The summed E-state index contributed by atoms with van der Waals surface area (Å²) in [5.74, 6) is 0. The lowest BCUT2D eigenvalue weighted by atomic mass is 9.85. The van der Waals surface area contributed by atoms with Gasteiger partial charge in [0.15, 0.2) is 0 Å². The van der Waals surface area contributed by atoms with Gasteiger partial charge in [-0.3, -0.25) is 0 Å². The van der Waals surface area contributed by atoms with E-state index in [1.807, 2.05) is 0 Å².